The molecule has 1 aromatic heterocycles. The zero-order valence-corrected chi connectivity index (χ0v) is 22.4. The molecule has 4 rings (SSSR count). The van der Waals surface area contributed by atoms with Crippen molar-refractivity contribution in [1.82, 2.24) is 15.3 Å². The van der Waals surface area contributed by atoms with Crippen LogP contribution in [0.4, 0.5) is 5.69 Å². The summed E-state index contributed by atoms with van der Waals surface area (Å²) in [5, 5.41) is 6.77. The Morgan fingerprint density at radius 2 is 1.76 bits per heavy atom. The van der Waals surface area contributed by atoms with Crippen molar-refractivity contribution < 1.29 is 14.0 Å². The number of nitrogens with one attached hydrogen (secondary N) is 1. The maximum Gasteiger partial charge on any atom is 0.256 e. The van der Waals surface area contributed by atoms with E-state index in [1.807, 2.05) is 66.3 Å². The molecule has 0 saturated carbocycles. The van der Waals surface area contributed by atoms with Crippen LogP contribution in [0.15, 0.2) is 65.3 Å². The van der Waals surface area contributed by atoms with Crippen molar-refractivity contribution in [2.75, 3.05) is 31.6 Å². The third-order valence-electron chi connectivity index (χ3n) is 6.91. The Morgan fingerprint density at radius 1 is 1.03 bits per heavy atom. The van der Waals surface area contributed by atoms with Crippen LogP contribution in [-0.4, -0.2) is 48.5 Å². The number of carbonyl (C=O) groups excluding carboxylic acids is 2. The molecule has 0 bridgehead atoms. The molecule has 0 radical (unpaired) electrons. The van der Waals surface area contributed by atoms with Crippen LogP contribution >= 0.6 is 0 Å². The molecule has 0 unspecified atom stereocenters. The van der Waals surface area contributed by atoms with Crippen LogP contribution in [0, 0.1) is 12.8 Å². The first-order valence-electron chi connectivity index (χ1n) is 13.1. The van der Waals surface area contributed by atoms with Crippen molar-refractivity contribution in [3.8, 4) is 11.3 Å². The van der Waals surface area contributed by atoms with Crippen LogP contribution in [0.5, 0.6) is 0 Å². The number of fused-ring (bicyclic) bond motifs is 1. The van der Waals surface area contributed by atoms with Crippen molar-refractivity contribution in [1.29, 1.82) is 0 Å². The molecule has 2 aromatic carbocycles. The van der Waals surface area contributed by atoms with Crippen molar-refractivity contribution in [2.45, 2.75) is 46.7 Å². The lowest BCUT2D eigenvalue weighted by Gasteiger charge is -2.32. The molecule has 7 nitrogen and oxygen atoms in total. The van der Waals surface area contributed by atoms with E-state index in [4.69, 9.17) is 4.42 Å². The van der Waals surface area contributed by atoms with E-state index in [2.05, 4.69) is 31.3 Å². The Kier molecular flexibility index (Phi) is 8.66. The van der Waals surface area contributed by atoms with Crippen molar-refractivity contribution in [3.05, 3.63) is 77.6 Å². The fourth-order valence-corrected chi connectivity index (χ4v) is 4.69. The van der Waals surface area contributed by atoms with Gasteiger partial charge in [0, 0.05) is 37.9 Å². The zero-order chi connectivity index (χ0) is 26.4. The number of likely N-dealkylation sites (N-methyl/N-ethyl adjacent to an activating group) is 1. The molecule has 7 heteroatoms. The first kappa shape index (κ1) is 26.5. The molecule has 0 spiro atoms. The molecule has 1 aliphatic rings. The van der Waals surface area contributed by atoms with Gasteiger partial charge in [-0.1, -0.05) is 50.2 Å². The van der Waals surface area contributed by atoms with E-state index >= 15 is 0 Å². The molecule has 0 saturated heterocycles. The molecule has 0 aliphatic carbocycles. The minimum Gasteiger partial charge on any atom is -0.464 e. The van der Waals surface area contributed by atoms with E-state index in [1.54, 1.807) is 11.3 Å². The van der Waals surface area contributed by atoms with Crippen LogP contribution in [0.1, 0.15) is 43.4 Å². The predicted octanol–water partition coefficient (Wildman–Crippen LogP) is 5.00. The molecule has 2 heterocycles. The summed E-state index contributed by atoms with van der Waals surface area (Å²) in [5.41, 5.74) is 5.22. The topological polar surface area (TPSA) is 69.0 Å². The summed E-state index contributed by atoms with van der Waals surface area (Å²) < 4.78 is 5.60. The minimum absolute atomic E-state index is 0.0665. The minimum atomic E-state index is -0.0874. The van der Waals surface area contributed by atoms with Crippen molar-refractivity contribution in [2.24, 2.45) is 5.92 Å². The standard InChI is InChI=1S/C30H38N4O3/c1-22(2)9-7-15-31-29(35)20-33(27-17-24(14-13-23(27)3)28-12-8-16-37-28)21-30(36)32(4)34-18-25-10-5-6-11-26(25)19-34/h5-6,8,10-14,16-17,22H,7,9,15,18-21H2,1-4H3,(H,31,35). The summed E-state index contributed by atoms with van der Waals surface area (Å²) in [6.07, 6.45) is 3.65. The van der Waals surface area contributed by atoms with E-state index in [9.17, 15) is 9.59 Å². The summed E-state index contributed by atoms with van der Waals surface area (Å²) >= 11 is 0. The van der Waals surface area contributed by atoms with Gasteiger partial charge < -0.3 is 14.6 Å². The second kappa shape index (κ2) is 12.1. The molecule has 196 valence electrons. The summed E-state index contributed by atoms with van der Waals surface area (Å²) in [7, 11) is 1.81. The normalized spacial score (nSPS) is 13.0. The van der Waals surface area contributed by atoms with Gasteiger partial charge >= 0.3 is 0 Å². The molecular weight excluding hydrogens is 464 g/mol. The number of amides is 2. The maximum atomic E-state index is 13.5. The summed E-state index contributed by atoms with van der Waals surface area (Å²) in [6.45, 7) is 8.58. The average molecular weight is 503 g/mol. The molecule has 0 atom stereocenters. The third-order valence-corrected chi connectivity index (χ3v) is 6.91. The smallest absolute Gasteiger partial charge is 0.256 e. The highest BCUT2D eigenvalue weighted by Crippen LogP contribution is 2.29. The largest absolute Gasteiger partial charge is 0.464 e. The third kappa shape index (κ3) is 6.80. The van der Waals surface area contributed by atoms with Crippen molar-refractivity contribution in [3.63, 3.8) is 0 Å². The fourth-order valence-electron chi connectivity index (χ4n) is 4.69. The fraction of sp³-hybridized carbons (Fsp3) is 0.400. The van der Waals surface area contributed by atoms with E-state index in [1.165, 1.54) is 11.1 Å². The lowest BCUT2D eigenvalue weighted by Crippen LogP contribution is -2.48. The average Bonchev–Trinajstić information content (AvgIpc) is 3.56. The summed E-state index contributed by atoms with van der Waals surface area (Å²) in [6, 6.07) is 18.0. The molecular formula is C30H38N4O3. The number of hydrogen-bond acceptors (Lipinski definition) is 5. The van der Waals surface area contributed by atoms with Crippen LogP contribution < -0.4 is 10.2 Å². The number of carbonyl (C=O) groups is 2. The number of nitrogens with zero attached hydrogens (tertiary/aromatic N) is 3. The number of benzene rings is 2. The highest BCUT2D eigenvalue weighted by molar-refractivity contribution is 5.87. The SMILES string of the molecule is Cc1ccc(-c2ccco2)cc1N(CC(=O)NCCCC(C)C)CC(=O)N(C)N1Cc2ccccc2C1. The molecule has 0 fully saturated rings. The van der Waals surface area contributed by atoms with Gasteiger partial charge in [0.25, 0.3) is 5.91 Å². The Hall–Kier alpha value is -3.58. The number of hydrogen-bond donors (Lipinski definition) is 1. The van der Waals surface area contributed by atoms with Crippen LogP contribution in [0.3, 0.4) is 0 Å². The van der Waals surface area contributed by atoms with E-state index in [0.717, 1.165) is 35.4 Å². The number of furan rings is 1. The number of aryl methyl sites for hydroxylation is 1. The molecule has 2 amide bonds. The van der Waals surface area contributed by atoms with Crippen molar-refractivity contribution >= 4 is 17.5 Å². The van der Waals surface area contributed by atoms with Gasteiger partial charge in [0.1, 0.15) is 5.76 Å². The predicted molar refractivity (Wildman–Crippen MR) is 147 cm³/mol. The first-order chi connectivity index (χ1) is 17.8. The number of hydrazine groups is 1. The Bertz CT molecular complexity index is 1180. The monoisotopic (exact) mass is 502 g/mol. The van der Waals surface area contributed by atoms with Gasteiger partial charge in [-0.2, -0.15) is 0 Å². The molecule has 3 aromatic rings. The Balaban J connectivity index is 1.50. The summed E-state index contributed by atoms with van der Waals surface area (Å²) in [5.74, 6) is 1.20. The zero-order valence-electron chi connectivity index (χ0n) is 22.4. The van der Waals surface area contributed by atoms with Gasteiger partial charge in [0.05, 0.1) is 19.4 Å². The van der Waals surface area contributed by atoms with Gasteiger partial charge in [-0.25, -0.2) is 5.01 Å². The van der Waals surface area contributed by atoms with Gasteiger partial charge in [-0.3, -0.25) is 14.6 Å². The lowest BCUT2D eigenvalue weighted by atomic mass is 10.1. The quantitative estimate of drug-likeness (QED) is 0.374. The second-order valence-electron chi connectivity index (χ2n) is 10.2. The molecule has 1 N–H and O–H groups in total. The lowest BCUT2D eigenvalue weighted by molar-refractivity contribution is -0.145. The van der Waals surface area contributed by atoms with E-state index in [0.29, 0.717) is 25.6 Å². The van der Waals surface area contributed by atoms with Gasteiger partial charge in [0.2, 0.25) is 5.91 Å². The van der Waals surface area contributed by atoms with E-state index in [-0.39, 0.29) is 24.9 Å². The molecule has 1 aliphatic heterocycles. The number of anilines is 1. The maximum absolute atomic E-state index is 13.5. The van der Waals surface area contributed by atoms with E-state index < -0.39 is 0 Å². The number of rotatable bonds is 11. The van der Waals surface area contributed by atoms with Gasteiger partial charge in [-0.05, 0) is 60.6 Å². The Morgan fingerprint density at radius 3 is 2.41 bits per heavy atom. The van der Waals surface area contributed by atoms with Crippen LogP contribution in [0.2, 0.25) is 0 Å². The Labute approximate surface area is 220 Å². The molecule has 37 heavy (non-hydrogen) atoms. The highest BCUT2D eigenvalue weighted by Gasteiger charge is 2.27. The van der Waals surface area contributed by atoms with Gasteiger partial charge in [0.15, 0.2) is 0 Å². The second-order valence-corrected chi connectivity index (χ2v) is 10.2. The van der Waals surface area contributed by atoms with Crippen LogP contribution in [-0.2, 0) is 22.7 Å². The summed E-state index contributed by atoms with van der Waals surface area (Å²) in [4.78, 5) is 28.3. The highest BCUT2D eigenvalue weighted by atomic mass is 16.3. The van der Waals surface area contributed by atoms with Gasteiger partial charge in [-0.15, -0.1) is 0 Å². The first-order valence-corrected chi connectivity index (χ1v) is 13.1. The van der Waals surface area contributed by atoms with Crippen LogP contribution in [0.25, 0.3) is 11.3 Å².